The molecule has 0 atom stereocenters. The molecule has 1 aromatic carbocycles. The molecule has 0 saturated heterocycles. The summed E-state index contributed by atoms with van der Waals surface area (Å²) in [7, 11) is 0. The molecule has 2 rings (SSSR count). The molecule has 0 aliphatic heterocycles. The Morgan fingerprint density at radius 1 is 1.36 bits per heavy atom. The van der Waals surface area contributed by atoms with Crippen LogP contribution < -0.4 is 0 Å². The van der Waals surface area contributed by atoms with E-state index in [-0.39, 0.29) is 17.5 Å². The molecular formula is C11H10F2O. The Balaban J connectivity index is 2.64. The molecule has 0 radical (unpaired) electrons. The minimum atomic E-state index is -2.83. The number of carbonyl (C=O) groups is 1. The number of benzene rings is 1. The second-order valence-electron chi connectivity index (χ2n) is 3.56. The SMILES string of the molecule is O=Cc1cccc2c1C(F)(F)CCC2. The number of hydrogen-bond donors (Lipinski definition) is 0. The van der Waals surface area contributed by atoms with E-state index < -0.39 is 5.92 Å². The summed E-state index contributed by atoms with van der Waals surface area (Å²) in [6, 6.07) is 4.78. The van der Waals surface area contributed by atoms with E-state index in [1.807, 2.05) is 0 Å². The van der Waals surface area contributed by atoms with Gasteiger partial charge in [-0.3, -0.25) is 4.79 Å². The first-order valence-corrected chi connectivity index (χ1v) is 4.60. The van der Waals surface area contributed by atoms with E-state index in [9.17, 15) is 13.6 Å². The number of aldehydes is 1. The highest BCUT2D eigenvalue weighted by Crippen LogP contribution is 2.41. The van der Waals surface area contributed by atoms with Gasteiger partial charge in [0.15, 0.2) is 6.29 Å². The lowest BCUT2D eigenvalue weighted by molar-refractivity contribution is -0.0221. The third-order valence-electron chi connectivity index (χ3n) is 2.61. The zero-order chi connectivity index (χ0) is 10.2. The summed E-state index contributed by atoms with van der Waals surface area (Å²) < 4.78 is 27.0. The van der Waals surface area contributed by atoms with Crippen LogP contribution in [0.4, 0.5) is 8.78 Å². The Hall–Kier alpha value is -1.25. The van der Waals surface area contributed by atoms with E-state index >= 15 is 0 Å². The van der Waals surface area contributed by atoms with E-state index in [1.54, 1.807) is 12.1 Å². The predicted octanol–water partition coefficient (Wildman–Crippen LogP) is 2.93. The number of halogens is 2. The quantitative estimate of drug-likeness (QED) is 0.631. The lowest BCUT2D eigenvalue weighted by Crippen LogP contribution is -2.22. The van der Waals surface area contributed by atoms with Crippen LogP contribution >= 0.6 is 0 Å². The summed E-state index contributed by atoms with van der Waals surface area (Å²) in [5.41, 5.74) is 0.694. The van der Waals surface area contributed by atoms with Crippen LogP contribution in [0.5, 0.6) is 0 Å². The maximum atomic E-state index is 13.5. The Labute approximate surface area is 80.7 Å². The molecule has 3 heteroatoms. The predicted molar refractivity (Wildman–Crippen MR) is 48.7 cm³/mol. The Morgan fingerprint density at radius 2 is 2.14 bits per heavy atom. The van der Waals surface area contributed by atoms with Crippen LogP contribution in [-0.4, -0.2) is 6.29 Å². The van der Waals surface area contributed by atoms with E-state index in [0.29, 0.717) is 24.7 Å². The van der Waals surface area contributed by atoms with Crippen molar-refractivity contribution in [3.8, 4) is 0 Å². The van der Waals surface area contributed by atoms with Crippen LogP contribution in [0.1, 0.15) is 34.3 Å². The van der Waals surface area contributed by atoms with Gasteiger partial charge in [0.2, 0.25) is 0 Å². The van der Waals surface area contributed by atoms with Gasteiger partial charge in [-0.25, -0.2) is 8.78 Å². The topological polar surface area (TPSA) is 17.1 Å². The first-order valence-electron chi connectivity index (χ1n) is 4.60. The zero-order valence-electron chi connectivity index (χ0n) is 7.59. The van der Waals surface area contributed by atoms with Crippen LogP contribution in [0.25, 0.3) is 0 Å². The van der Waals surface area contributed by atoms with Crippen molar-refractivity contribution in [2.75, 3.05) is 0 Å². The van der Waals surface area contributed by atoms with Crippen molar-refractivity contribution in [1.82, 2.24) is 0 Å². The summed E-state index contributed by atoms with van der Waals surface area (Å²) in [4.78, 5) is 10.6. The largest absolute Gasteiger partial charge is 0.298 e. The van der Waals surface area contributed by atoms with Crippen molar-refractivity contribution >= 4 is 6.29 Å². The molecule has 74 valence electrons. The number of fused-ring (bicyclic) bond motifs is 1. The fraction of sp³-hybridized carbons (Fsp3) is 0.364. The smallest absolute Gasteiger partial charge is 0.274 e. The highest BCUT2D eigenvalue weighted by Gasteiger charge is 2.38. The molecule has 1 nitrogen and oxygen atoms in total. The summed E-state index contributed by atoms with van der Waals surface area (Å²) in [5.74, 6) is -2.83. The van der Waals surface area contributed by atoms with Crippen molar-refractivity contribution in [3.05, 3.63) is 34.9 Å². The first kappa shape index (κ1) is 9.31. The molecule has 0 bridgehead atoms. The van der Waals surface area contributed by atoms with Crippen LogP contribution in [0.15, 0.2) is 18.2 Å². The summed E-state index contributed by atoms with van der Waals surface area (Å²) in [6.45, 7) is 0. The van der Waals surface area contributed by atoms with Gasteiger partial charge in [0, 0.05) is 17.5 Å². The molecule has 0 N–H and O–H groups in total. The van der Waals surface area contributed by atoms with Gasteiger partial charge >= 0.3 is 0 Å². The van der Waals surface area contributed by atoms with Crippen LogP contribution in [-0.2, 0) is 12.3 Å². The average Bonchev–Trinajstić information content (AvgIpc) is 2.16. The molecule has 1 aromatic rings. The molecule has 1 aliphatic rings. The van der Waals surface area contributed by atoms with Gasteiger partial charge in [-0.05, 0) is 18.4 Å². The first-order chi connectivity index (χ1) is 6.65. The number of alkyl halides is 2. The van der Waals surface area contributed by atoms with Gasteiger partial charge in [-0.15, -0.1) is 0 Å². The van der Waals surface area contributed by atoms with Crippen molar-refractivity contribution < 1.29 is 13.6 Å². The van der Waals surface area contributed by atoms with E-state index in [1.165, 1.54) is 6.07 Å². The van der Waals surface area contributed by atoms with Crippen molar-refractivity contribution in [2.24, 2.45) is 0 Å². The second-order valence-corrected chi connectivity index (χ2v) is 3.56. The average molecular weight is 196 g/mol. The zero-order valence-corrected chi connectivity index (χ0v) is 7.59. The fourth-order valence-electron chi connectivity index (χ4n) is 2.00. The number of carbonyl (C=O) groups excluding carboxylic acids is 1. The molecule has 0 saturated carbocycles. The number of hydrogen-bond acceptors (Lipinski definition) is 1. The number of rotatable bonds is 1. The van der Waals surface area contributed by atoms with Crippen molar-refractivity contribution in [2.45, 2.75) is 25.2 Å². The summed E-state index contributed by atoms with van der Waals surface area (Å²) >= 11 is 0. The third kappa shape index (κ3) is 1.33. The highest BCUT2D eigenvalue weighted by atomic mass is 19.3. The van der Waals surface area contributed by atoms with Crippen LogP contribution in [0, 0.1) is 0 Å². The van der Waals surface area contributed by atoms with Gasteiger partial charge in [-0.2, -0.15) is 0 Å². The molecule has 0 spiro atoms. The lowest BCUT2D eigenvalue weighted by atomic mass is 9.86. The minimum absolute atomic E-state index is 0.0544. The Kier molecular flexibility index (Phi) is 2.10. The molecule has 0 amide bonds. The second kappa shape index (κ2) is 3.15. The molecule has 0 unspecified atom stereocenters. The van der Waals surface area contributed by atoms with E-state index in [0.717, 1.165) is 0 Å². The van der Waals surface area contributed by atoms with Crippen molar-refractivity contribution in [3.63, 3.8) is 0 Å². The molecular weight excluding hydrogens is 186 g/mol. The number of aryl methyl sites for hydroxylation is 1. The standard InChI is InChI=1S/C11H10F2O/c12-11(13)6-2-5-8-3-1-4-9(7-14)10(8)11/h1,3-4,7H,2,5-6H2. The summed E-state index contributed by atoms with van der Waals surface area (Å²) in [6.07, 6.45) is 1.50. The molecule has 14 heavy (non-hydrogen) atoms. The van der Waals surface area contributed by atoms with Crippen molar-refractivity contribution in [1.29, 1.82) is 0 Å². The lowest BCUT2D eigenvalue weighted by Gasteiger charge is -2.26. The molecule has 1 aliphatic carbocycles. The van der Waals surface area contributed by atoms with Gasteiger partial charge in [0.1, 0.15) is 0 Å². The maximum absolute atomic E-state index is 13.5. The third-order valence-corrected chi connectivity index (χ3v) is 2.61. The van der Waals surface area contributed by atoms with E-state index in [2.05, 4.69) is 0 Å². The normalized spacial score (nSPS) is 18.7. The monoisotopic (exact) mass is 196 g/mol. The molecule has 0 fully saturated rings. The fourth-order valence-corrected chi connectivity index (χ4v) is 2.00. The Bertz CT molecular complexity index is 372. The maximum Gasteiger partial charge on any atom is 0.274 e. The molecule has 0 heterocycles. The van der Waals surface area contributed by atoms with Crippen LogP contribution in [0.3, 0.4) is 0 Å². The van der Waals surface area contributed by atoms with Crippen LogP contribution in [0.2, 0.25) is 0 Å². The van der Waals surface area contributed by atoms with Gasteiger partial charge < -0.3 is 0 Å². The molecule has 0 aromatic heterocycles. The minimum Gasteiger partial charge on any atom is -0.298 e. The summed E-state index contributed by atoms with van der Waals surface area (Å²) in [5, 5.41) is 0. The Morgan fingerprint density at radius 3 is 2.86 bits per heavy atom. The highest BCUT2D eigenvalue weighted by molar-refractivity contribution is 5.78. The van der Waals surface area contributed by atoms with Gasteiger partial charge in [0.05, 0.1) is 0 Å². The van der Waals surface area contributed by atoms with E-state index in [4.69, 9.17) is 0 Å². The van der Waals surface area contributed by atoms with Gasteiger partial charge in [-0.1, -0.05) is 18.2 Å². The van der Waals surface area contributed by atoms with Gasteiger partial charge in [0.25, 0.3) is 5.92 Å².